The van der Waals surface area contributed by atoms with E-state index in [0.717, 1.165) is 18.1 Å². The van der Waals surface area contributed by atoms with Gasteiger partial charge in [0.1, 0.15) is 0 Å². The Morgan fingerprint density at radius 3 is 1.70 bits per heavy atom. The van der Waals surface area contributed by atoms with Crippen LogP contribution in [0.5, 0.6) is 0 Å². The van der Waals surface area contributed by atoms with Crippen LogP contribution in [0.25, 0.3) is 0 Å². The molecule has 4 N–H and O–H groups in total. The second-order valence-electron chi connectivity index (χ2n) is 6.26. The van der Waals surface area contributed by atoms with Gasteiger partial charge in [-0.15, -0.1) is 0 Å². The smallest absolute Gasteiger partial charge is 0.323 e. The molecule has 0 heterocycles. The van der Waals surface area contributed by atoms with E-state index in [4.69, 9.17) is 0 Å². The van der Waals surface area contributed by atoms with E-state index in [1.807, 2.05) is 19.9 Å². The summed E-state index contributed by atoms with van der Waals surface area (Å²) >= 11 is 0. The molecular formula is C15H28O6P2. The molecule has 0 aromatic rings. The van der Waals surface area contributed by atoms with Crippen molar-refractivity contribution in [2.45, 2.75) is 58.8 Å². The van der Waals surface area contributed by atoms with Crippen LogP contribution < -0.4 is 0 Å². The molecule has 0 radical (unpaired) electrons. The Labute approximate surface area is 138 Å². The summed E-state index contributed by atoms with van der Waals surface area (Å²) in [4.78, 5) is 35.9. The molecule has 0 saturated carbocycles. The average Bonchev–Trinajstić information content (AvgIpc) is 2.30. The molecular weight excluding hydrogens is 338 g/mol. The molecule has 0 fully saturated rings. The van der Waals surface area contributed by atoms with Gasteiger partial charge in [-0.05, 0) is 53.9 Å². The van der Waals surface area contributed by atoms with Crippen molar-refractivity contribution >= 4 is 15.2 Å². The quantitative estimate of drug-likeness (QED) is 0.380. The molecule has 0 bridgehead atoms. The van der Waals surface area contributed by atoms with Crippen molar-refractivity contribution in [3.63, 3.8) is 0 Å². The van der Waals surface area contributed by atoms with Crippen LogP contribution in [0.4, 0.5) is 0 Å². The van der Waals surface area contributed by atoms with Crippen molar-refractivity contribution in [3.05, 3.63) is 34.9 Å². The molecule has 0 saturated heterocycles. The third-order valence-corrected chi connectivity index (χ3v) is 7.58. The van der Waals surface area contributed by atoms with E-state index in [-0.39, 0.29) is 0 Å². The van der Waals surface area contributed by atoms with Crippen LogP contribution in [0.1, 0.15) is 53.9 Å². The molecule has 0 amide bonds. The highest BCUT2D eigenvalue weighted by molar-refractivity contribution is 7.72. The number of allylic oxidation sites excluding steroid dienone is 6. The first kappa shape index (κ1) is 22.5. The zero-order chi connectivity index (χ0) is 18.5. The molecule has 0 rings (SSSR count). The van der Waals surface area contributed by atoms with Gasteiger partial charge >= 0.3 is 15.2 Å². The molecule has 0 unspecified atom stereocenters. The zero-order valence-corrected chi connectivity index (χ0v) is 16.1. The summed E-state index contributed by atoms with van der Waals surface area (Å²) in [5.41, 5.74) is 2.44. The van der Waals surface area contributed by atoms with Gasteiger partial charge in [0.05, 0.1) is 0 Å². The van der Waals surface area contributed by atoms with Crippen LogP contribution in [0.3, 0.4) is 0 Å². The summed E-state index contributed by atoms with van der Waals surface area (Å²) in [5.74, 6) is 0. The van der Waals surface area contributed by atoms with E-state index in [2.05, 4.69) is 0 Å². The highest BCUT2D eigenvalue weighted by Gasteiger charge is 2.57. The Balaban J connectivity index is 5.67. The molecule has 0 aliphatic heterocycles. The van der Waals surface area contributed by atoms with Crippen molar-refractivity contribution in [1.82, 2.24) is 0 Å². The predicted octanol–water partition coefficient (Wildman–Crippen LogP) is 4.09. The number of rotatable bonds is 8. The standard InChI is InChI=1S/C15H28O6P2/c1-12(2)7-6-8-14(5)9-10-15(11-13(3)4,22(16,17)18)23(19,20)21/h7,9,11H,6,8,10H2,1-5H3,(H2,16,17,18)(H2,19,20,21)/b14-9+. The summed E-state index contributed by atoms with van der Waals surface area (Å²) in [6, 6.07) is 0. The second kappa shape index (κ2) is 8.57. The Morgan fingerprint density at radius 1 is 0.870 bits per heavy atom. The van der Waals surface area contributed by atoms with Gasteiger partial charge in [-0.2, -0.15) is 0 Å². The predicted molar refractivity (Wildman–Crippen MR) is 93.3 cm³/mol. The lowest BCUT2D eigenvalue weighted by atomic mass is 10.1. The Kier molecular flexibility index (Phi) is 8.39. The van der Waals surface area contributed by atoms with E-state index in [1.54, 1.807) is 20.8 Å². The highest BCUT2D eigenvalue weighted by atomic mass is 31.2. The lowest BCUT2D eigenvalue weighted by molar-refractivity contribution is 0.321. The van der Waals surface area contributed by atoms with Crippen molar-refractivity contribution in [3.8, 4) is 0 Å². The maximum atomic E-state index is 11.9. The Morgan fingerprint density at radius 2 is 1.35 bits per heavy atom. The third kappa shape index (κ3) is 6.88. The largest absolute Gasteiger partial charge is 0.347 e. The van der Waals surface area contributed by atoms with Crippen LogP contribution in [-0.2, 0) is 9.13 Å². The molecule has 6 nitrogen and oxygen atoms in total. The summed E-state index contributed by atoms with van der Waals surface area (Å²) in [6.07, 6.45) is 5.58. The van der Waals surface area contributed by atoms with Crippen LogP contribution in [0.15, 0.2) is 34.9 Å². The fraction of sp³-hybridized carbons (Fsp3) is 0.600. The monoisotopic (exact) mass is 366 g/mol. The molecule has 0 aliphatic carbocycles. The molecule has 0 aliphatic rings. The van der Waals surface area contributed by atoms with E-state index < -0.39 is 26.5 Å². The first-order chi connectivity index (χ1) is 10.2. The molecule has 8 heteroatoms. The van der Waals surface area contributed by atoms with Crippen molar-refractivity contribution < 1.29 is 28.7 Å². The molecule has 0 aromatic carbocycles. The lowest BCUT2D eigenvalue weighted by Crippen LogP contribution is -2.26. The minimum Gasteiger partial charge on any atom is -0.323 e. The molecule has 0 aromatic heterocycles. The van der Waals surface area contributed by atoms with Gasteiger partial charge in [-0.3, -0.25) is 9.13 Å². The van der Waals surface area contributed by atoms with E-state index in [1.165, 1.54) is 11.6 Å². The van der Waals surface area contributed by atoms with E-state index in [9.17, 15) is 28.7 Å². The summed E-state index contributed by atoms with van der Waals surface area (Å²) < 4.78 is 23.7. The van der Waals surface area contributed by atoms with Gasteiger partial charge in [0.2, 0.25) is 0 Å². The van der Waals surface area contributed by atoms with E-state index >= 15 is 0 Å². The van der Waals surface area contributed by atoms with Crippen LogP contribution in [0.2, 0.25) is 0 Å². The van der Waals surface area contributed by atoms with Crippen molar-refractivity contribution in [1.29, 1.82) is 0 Å². The maximum absolute atomic E-state index is 11.9. The van der Waals surface area contributed by atoms with Gasteiger partial charge < -0.3 is 19.6 Å². The SMILES string of the molecule is CC(C)=CCC/C(C)=C/CC(C=C(C)C)(P(=O)(O)O)P(=O)(O)O. The number of hydrogen-bond acceptors (Lipinski definition) is 2. The van der Waals surface area contributed by atoms with Crippen LogP contribution in [-0.4, -0.2) is 24.5 Å². The van der Waals surface area contributed by atoms with Crippen LogP contribution >= 0.6 is 15.2 Å². The minimum atomic E-state index is -5.08. The number of hydrogen-bond donors (Lipinski definition) is 4. The van der Waals surface area contributed by atoms with Gasteiger partial charge in [0.25, 0.3) is 0 Å². The normalized spacial score (nSPS) is 13.7. The van der Waals surface area contributed by atoms with Gasteiger partial charge in [0.15, 0.2) is 4.90 Å². The minimum absolute atomic E-state index is 0.409. The Bertz CT molecular complexity index is 561. The van der Waals surface area contributed by atoms with Gasteiger partial charge in [-0.25, -0.2) is 0 Å². The fourth-order valence-corrected chi connectivity index (χ4v) is 4.98. The van der Waals surface area contributed by atoms with E-state index in [0.29, 0.717) is 12.0 Å². The van der Waals surface area contributed by atoms with Crippen molar-refractivity contribution in [2.24, 2.45) is 0 Å². The fourth-order valence-electron chi connectivity index (χ4n) is 2.11. The first-order valence-electron chi connectivity index (χ1n) is 7.29. The zero-order valence-electron chi connectivity index (χ0n) is 14.4. The highest BCUT2D eigenvalue weighted by Crippen LogP contribution is 2.71. The molecule has 0 atom stereocenters. The third-order valence-electron chi connectivity index (χ3n) is 3.37. The molecule has 23 heavy (non-hydrogen) atoms. The summed E-state index contributed by atoms with van der Waals surface area (Å²) in [5, 5.41) is 0. The average molecular weight is 366 g/mol. The topological polar surface area (TPSA) is 115 Å². The Hall–Kier alpha value is -0.480. The maximum Gasteiger partial charge on any atom is 0.347 e. The molecule has 134 valence electrons. The van der Waals surface area contributed by atoms with Gasteiger partial charge in [-0.1, -0.05) is 34.9 Å². The summed E-state index contributed by atoms with van der Waals surface area (Å²) in [7, 11) is -10.2. The second-order valence-corrected chi connectivity index (χ2v) is 10.4. The first-order valence-corrected chi connectivity index (χ1v) is 10.5. The lowest BCUT2D eigenvalue weighted by Gasteiger charge is -2.31. The summed E-state index contributed by atoms with van der Waals surface area (Å²) in [6.45, 7) is 8.82. The molecule has 0 spiro atoms. The van der Waals surface area contributed by atoms with Crippen molar-refractivity contribution in [2.75, 3.05) is 0 Å². The van der Waals surface area contributed by atoms with Crippen LogP contribution in [0, 0.1) is 0 Å². The van der Waals surface area contributed by atoms with Gasteiger partial charge in [0, 0.05) is 0 Å².